The molecule has 3 rings (SSSR count). The largest absolute Gasteiger partial charge is 0.367 e. The number of hydrogen-bond acceptors (Lipinski definition) is 4. The van der Waals surface area contributed by atoms with E-state index >= 15 is 0 Å². The fourth-order valence-corrected chi connectivity index (χ4v) is 3.35. The van der Waals surface area contributed by atoms with Gasteiger partial charge in [0.2, 0.25) is 0 Å². The van der Waals surface area contributed by atoms with E-state index in [0.717, 1.165) is 29.9 Å². The number of unbranched alkanes of at least 4 members (excludes halogenated alkanes) is 1. The monoisotopic (exact) mass is 352 g/mol. The smallest absolute Gasteiger partial charge is 0.251 e. The van der Waals surface area contributed by atoms with E-state index in [2.05, 4.69) is 27.5 Å². The molecule has 0 unspecified atom stereocenters. The number of amides is 1. The molecule has 1 aliphatic rings. The minimum Gasteiger partial charge on any atom is -0.367 e. The van der Waals surface area contributed by atoms with Crippen LogP contribution in [0.1, 0.15) is 62.2 Å². The zero-order valence-electron chi connectivity index (χ0n) is 15.5. The Hall–Kier alpha value is -2.43. The van der Waals surface area contributed by atoms with Crippen LogP contribution in [0.3, 0.4) is 0 Å². The molecule has 5 nitrogen and oxygen atoms in total. The zero-order valence-corrected chi connectivity index (χ0v) is 15.5. The van der Waals surface area contributed by atoms with E-state index in [0.29, 0.717) is 18.2 Å². The first-order chi connectivity index (χ1) is 12.8. The first-order valence-corrected chi connectivity index (χ1v) is 9.73. The first-order valence-electron chi connectivity index (χ1n) is 9.73. The standard InChI is InChI=1S/C21H28N4O/c1-2-3-12-22-21(26)17-9-7-8-16(13-17)19-14-20(24-15-23-19)25-18-10-5-4-6-11-18/h7-9,13-15,18H,2-6,10-12H2,1H3,(H,22,26)(H,23,24,25). The van der Waals surface area contributed by atoms with E-state index in [1.165, 1.54) is 32.1 Å². The molecule has 5 heteroatoms. The fraction of sp³-hybridized carbons (Fsp3) is 0.476. The quantitative estimate of drug-likeness (QED) is 0.724. The van der Waals surface area contributed by atoms with Crippen molar-refractivity contribution in [2.24, 2.45) is 0 Å². The van der Waals surface area contributed by atoms with Crippen molar-refractivity contribution < 1.29 is 4.79 Å². The summed E-state index contributed by atoms with van der Waals surface area (Å²) in [6.45, 7) is 2.82. The van der Waals surface area contributed by atoms with Gasteiger partial charge in [-0.15, -0.1) is 0 Å². The number of aromatic nitrogens is 2. The summed E-state index contributed by atoms with van der Waals surface area (Å²) in [5.74, 6) is 0.828. The van der Waals surface area contributed by atoms with Crippen LogP contribution < -0.4 is 10.6 Å². The van der Waals surface area contributed by atoms with Crippen LogP contribution in [0, 0.1) is 0 Å². The average molecular weight is 352 g/mol. The molecular weight excluding hydrogens is 324 g/mol. The summed E-state index contributed by atoms with van der Waals surface area (Å²) in [4.78, 5) is 21.0. The molecule has 1 aromatic heterocycles. The first kappa shape index (κ1) is 18.4. The van der Waals surface area contributed by atoms with Crippen LogP contribution in [0.2, 0.25) is 0 Å². The normalized spacial score (nSPS) is 14.8. The highest BCUT2D eigenvalue weighted by atomic mass is 16.1. The van der Waals surface area contributed by atoms with Crippen molar-refractivity contribution in [3.63, 3.8) is 0 Å². The molecule has 2 aromatic rings. The van der Waals surface area contributed by atoms with Gasteiger partial charge in [-0.2, -0.15) is 0 Å². The number of benzene rings is 1. The molecule has 0 atom stereocenters. The predicted molar refractivity (Wildman–Crippen MR) is 105 cm³/mol. The zero-order chi connectivity index (χ0) is 18.2. The lowest BCUT2D eigenvalue weighted by atomic mass is 9.95. The van der Waals surface area contributed by atoms with Crippen LogP contribution in [-0.4, -0.2) is 28.5 Å². The SMILES string of the molecule is CCCCNC(=O)c1cccc(-c2cc(NC3CCCCC3)ncn2)c1. The molecule has 0 aliphatic heterocycles. The molecule has 1 heterocycles. The summed E-state index contributed by atoms with van der Waals surface area (Å²) in [6.07, 6.45) is 9.95. The molecule has 26 heavy (non-hydrogen) atoms. The van der Waals surface area contributed by atoms with Gasteiger partial charge in [0.15, 0.2) is 0 Å². The molecule has 0 radical (unpaired) electrons. The van der Waals surface area contributed by atoms with E-state index in [4.69, 9.17) is 0 Å². The second-order valence-electron chi connectivity index (χ2n) is 6.96. The summed E-state index contributed by atoms with van der Waals surface area (Å²) >= 11 is 0. The molecule has 1 amide bonds. The summed E-state index contributed by atoms with van der Waals surface area (Å²) in [5.41, 5.74) is 2.43. The van der Waals surface area contributed by atoms with Crippen molar-refractivity contribution in [2.45, 2.75) is 57.9 Å². The van der Waals surface area contributed by atoms with E-state index in [1.807, 2.05) is 30.3 Å². The van der Waals surface area contributed by atoms with Crippen LogP contribution >= 0.6 is 0 Å². The predicted octanol–water partition coefficient (Wildman–Crippen LogP) is 4.42. The van der Waals surface area contributed by atoms with Crippen LogP contribution in [0.15, 0.2) is 36.7 Å². The minimum atomic E-state index is -0.0325. The second-order valence-corrected chi connectivity index (χ2v) is 6.96. The maximum Gasteiger partial charge on any atom is 0.251 e. The van der Waals surface area contributed by atoms with Gasteiger partial charge >= 0.3 is 0 Å². The van der Waals surface area contributed by atoms with Crippen molar-refractivity contribution in [3.05, 3.63) is 42.2 Å². The molecule has 0 saturated heterocycles. The number of nitrogens with one attached hydrogen (secondary N) is 2. The molecular formula is C21H28N4O. The van der Waals surface area contributed by atoms with Crippen molar-refractivity contribution in [1.29, 1.82) is 0 Å². The molecule has 2 N–H and O–H groups in total. The Labute approximate surface area is 155 Å². The van der Waals surface area contributed by atoms with Gasteiger partial charge in [-0.3, -0.25) is 4.79 Å². The van der Waals surface area contributed by atoms with Gasteiger partial charge in [0.05, 0.1) is 5.69 Å². The number of nitrogens with zero attached hydrogens (tertiary/aromatic N) is 2. The molecule has 0 spiro atoms. The van der Waals surface area contributed by atoms with Crippen LogP contribution in [0.25, 0.3) is 11.3 Å². The van der Waals surface area contributed by atoms with Crippen molar-refractivity contribution in [3.8, 4) is 11.3 Å². The van der Waals surface area contributed by atoms with Gasteiger partial charge in [0.25, 0.3) is 5.91 Å². The number of hydrogen-bond donors (Lipinski definition) is 2. The number of rotatable bonds is 7. The Morgan fingerprint density at radius 3 is 2.81 bits per heavy atom. The minimum absolute atomic E-state index is 0.0325. The number of anilines is 1. The Morgan fingerprint density at radius 2 is 2.00 bits per heavy atom. The molecule has 1 saturated carbocycles. The third kappa shape index (κ3) is 5.04. The summed E-state index contributed by atoms with van der Waals surface area (Å²) in [6, 6.07) is 10.1. The van der Waals surface area contributed by atoms with E-state index < -0.39 is 0 Å². The summed E-state index contributed by atoms with van der Waals surface area (Å²) in [5, 5.41) is 6.49. The van der Waals surface area contributed by atoms with Gasteiger partial charge in [0, 0.05) is 29.8 Å². The lowest BCUT2D eigenvalue weighted by molar-refractivity contribution is 0.0953. The van der Waals surface area contributed by atoms with Crippen molar-refractivity contribution in [2.75, 3.05) is 11.9 Å². The topological polar surface area (TPSA) is 66.9 Å². The van der Waals surface area contributed by atoms with Gasteiger partial charge in [0.1, 0.15) is 12.1 Å². The molecule has 138 valence electrons. The van der Waals surface area contributed by atoms with Crippen molar-refractivity contribution in [1.82, 2.24) is 15.3 Å². The highest BCUT2D eigenvalue weighted by Crippen LogP contribution is 2.23. The Morgan fingerprint density at radius 1 is 1.15 bits per heavy atom. The lowest BCUT2D eigenvalue weighted by Gasteiger charge is -2.23. The van der Waals surface area contributed by atoms with Crippen LogP contribution in [0.4, 0.5) is 5.82 Å². The molecule has 1 aliphatic carbocycles. The summed E-state index contributed by atoms with van der Waals surface area (Å²) < 4.78 is 0. The van der Waals surface area contributed by atoms with E-state index in [9.17, 15) is 4.79 Å². The summed E-state index contributed by atoms with van der Waals surface area (Å²) in [7, 11) is 0. The highest BCUT2D eigenvalue weighted by Gasteiger charge is 2.14. The van der Waals surface area contributed by atoms with Gasteiger partial charge in [-0.1, -0.05) is 44.7 Å². The molecule has 1 aromatic carbocycles. The third-order valence-electron chi connectivity index (χ3n) is 4.86. The second kappa shape index (κ2) is 9.32. The molecule has 0 bridgehead atoms. The third-order valence-corrected chi connectivity index (χ3v) is 4.86. The van der Waals surface area contributed by atoms with Gasteiger partial charge < -0.3 is 10.6 Å². The Balaban J connectivity index is 1.71. The lowest BCUT2D eigenvalue weighted by Crippen LogP contribution is -2.24. The number of carbonyl (C=O) groups excluding carboxylic acids is 1. The van der Waals surface area contributed by atoms with Crippen molar-refractivity contribution >= 4 is 11.7 Å². The van der Waals surface area contributed by atoms with Crippen LogP contribution in [-0.2, 0) is 0 Å². The van der Waals surface area contributed by atoms with Gasteiger partial charge in [-0.05, 0) is 31.4 Å². The highest BCUT2D eigenvalue weighted by molar-refractivity contribution is 5.95. The maximum absolute atomic E-state index is 12.3. The molecule has 1 fully saturated rings. The van der Waals surface area contributed by atoms with E-state index in [1.54, 1.807) is 6.33 Å². The van der Waals surface area contributed by atoms with E-state index in [-0.39, 0.29) is 5.91 Å². The fourth-order valence-electron chi connectivity index (χ4n) is 3.35. The number of carbonyl (C=O) groups is 1. The average Bonchev–Trinajstić information content (AvgIpc) is 2.69. The Kier molecular flexibility index (Phi) is 6.58. The van der Waals surface area contributed by atoms with Crippen LogP contribution in [0.5, 0.6) is 0 Å². The maximum atomic E-state index is 12.3. The van der Waals surface area contributed by atoms with Gasteiger partial charge in [-0.25, -0.2) is 9.97 Å². The Bertz CT molecular complexity index is 725.